The van der Waals surface area contributed by atoms with Crippen LogP contribution in [0.25, 0.3) is 10.8 Å². The number of carboxylic acid groups (broad SMARTS) is 2. The van der Waals surface area contributed by atoms with Crippen molar-refractivity contribution in [1.82, 2.24) is 11.1 Å². The molecule has 3 N–H and O–H groups in total. The molecule has 0 saturated carbocycles. The monoisotopic (exact) mass is 431 g/mol. The summed E-state index contributed by atoms with van der Waals surface area (Å²) in [5.74, 6) is 0. The first-order valence-electron chi connectivity index (χ1n) is 4.20. The van der Waals surface area contributed by atoms with Gasteiger partial charge in [0.2, 0.25) is 0 Å². The van der Waals surface area contributed by atoms with Gasteiger partial charge in [0.15, 0.2) is 0 Å². The normalized spacial score (nSPS) is 6.89. The van der Waals surface area contributed by atoms with Gasteiger partial charge in [-0.05, 0) is 16.8 Å². The van der Waals surface area contributed by atoms with Gasteiger partial charge in [0.05, 0.1) is 0 Å². The van der Waals surface area contributed by atoms with Gasteiger partial charge >= 0.3 is 21.1 Å². The van der Waals surface area contributed by atoms with Gasteiger partial charge in [-0.1, -0.05) is 24.3 Å². The number of pyridine rings is 1. The standard InChI is InChI=1S/C9H7N.2CH2O2.H3N.Pt/c1-2-4-9-7-10-6-5-8(9)3-1;2*2-1-3;;/h1-7H;2*1H,(H,2,3);1H3;/q;;;;+2/p-2. The van der Waals surface area contributed by atoms with E-state index in [9.17, 15) is 0 Å². The second-order valence-corrected chi connectivity index (χ2v) is 2.42. The Morgan fingerprint density at radius 2 is 1.39 bits per heavy atom. The number of aromatic nitrogens is 1. The molecule has 0 bridgehead atoms. The predicted molar refractivity (Wildman–Crippen MR) is 58.9 cm³/mol. The number of hydrogen-bond acceptors (Lipinski definition) is 6. The molecule has 2 rings (SSSR count). The Hall–Kier alpha value is -1.78. The summed E-state index contributed by atoms with van der Waals surface area (Å²) in [5.41, 5.74) is 0. The number of hydrogen-bond donors (Lipinski definition) is 1. The van der Waals surface area contributed by atoms with Gasteiger partial charge in [0.1, 0.15) is 0 Å². The van der Waals surface area contributed by atoms with Crippen molar-refractivity contribution in [2.24, 2.45) is 0 Å². The summed E-state index contributed by atoms with van der Waals surface area (Å²) in [6.07, 6.45) is 3.68. The molecule has 18 heavy (non-hydrogen) atoms. The van der Waals surface area contributed by atoms with Crippen molar-refractivity contribution >= 4 is 23.7 Å². The van der Waals surface area contributed by atoms with E-state index in [1.54, 1.807) is 0 Å². The van der Waals surface area contributed by atoms with Crippen LogP contribution in [-0.4, -0.2) is 17.9 Å². The topological polar surface area (TPSA) is 128 Å². The maximum absolute atomic E-state index is 8.25. The Morgan fingerprint density at radius 1 is 0.944 bits per heavy atom. The SMILES string of the molecule is N.O=C[O-].O=C[O-].[Pt+2].c1ccc2cnccc2c1. The predicted octanol–water partition coefficient (Wildman–Crippen LogP) is -0.873. The Labute approximate surface area is 119 Å². The molecule has 0 unspecified atom stereocenters. The molecule has 0 radical (unpaired) electrons. The van der Waals surface area contributed by atoms with Gasteiger partial charge in [0, 0.05) is 25.3 Å². The van der Waals surface area contributed by atoms with E-state index in [0.717, 1.165) is 0 Å². The summed E-state index contributed by atoms with van der Waals surface area (Å²) in [6.45, 7) is -1.00. The molecule has 0 aliphatic carbocycles. The van der Waals surface area contributed by atoms with Crippen LogP contribution in [0, 0.1) is 0 Å². The van der Waals surface area contributed by atoms with Gasteiger partial charge in [-0.3, -0.25) is 4.98 Å². The number of carbonyl (C=O) groups is 2. The van der Waals surface area contributed by atoms with E-state index < -0.39 is 12.9 Å². The van der Waals surface area contributed by atoms with E-state index in [4.69, 9.17) is 19.8 Å². The molecule has 6 nitrogen and oxygen atoms in total. The number of fused-ring (bicyclic) bond motifs is 1. The van der Waals surface area contributed by atoms with Crippen molar-refractivity contribution < 1.29 is 40.9 Å². The van der Waals surface area contributed by atoms with Crippen molar-refractivity contribution in [3.8, 4) is 0 Å². The zero-order valence-electron chi connectivity index (χ0n) is 9.30. The quantitative estimate of drug-likeness (QED) is 0.540. The molecule has 0 amide bonds. The second-order valence-electron chi connectivity index (χ2n) is 2.42. The fraction of sp³-hybridized carbons (Fsp3) is 0. The summed E-state index contributed by atoms with van der Waals surface area (Å²) in [4.78, 5) is 20.5. The van der Waals surface area contributed by atoms with Crippen molar-refractivity contribution in [2.75, 3.05) is 0 Å². The first kappa shape index (κ1) is 21.5. The van der Waals surface area contributed by atoms with Crippen LogP contribution in [0.3, 0.4) is 0 Å². The molecule has 2 aromatic rings. The molecule has 1 heterocycles. The molecule has 0 aliphatic heterocycles. The third kappa shape index (κ3) is 9.44. The summed E-state index contributed by atoms with van der Waals surface area (Å²) >= 11 is 0. The summed E-state index contributed by atoms with van der Waals surface area (Å²) < 4.78 is 0. The Morgan fingerprint density at radius 3 is 1.83 bits per heavy atom. The van der Waals surface area contributed by atoms with Crippen LogP contribution in [0.5, 0.6) is 0 Å². The second kappa shape index (κ2) is 15.2. The van der Waals surface area contributed by atoms with Crippen LogP contribution in [0.4, 0.5) is 0 Å². The Bertz CT molecular complexity index is 369. The van der Waals surface area contributed by atoms with Crippen molar-refractivity contribution in [3.05, 3.63) is 42.7 Å². The average molecular weight is 431 g/mol. The molecular weight excluding hydrogens is 419 g/mol. The summed E-state index contributed by atoms with van der Waals surface area (Å²) in [6, 6.07) is 10.2. The Balaban J connectivity index is -0.000000246. The maximum Gasteiger partial charge on any atom is 2.00 e. The smallest absolute Gasteiger partial charge is 0.554 e. The molecule has 1 aromatic heterocycles. The third-order valence-electron chi connectivity index (χ3n) is 1.55. The largest absolute Gasteiger partial charge is 2.00 e. The molecule has 0 aliphatic rings. The molecule has 0 saturated heterocycles. The minimum atomic E-state index is -0.500. The van der Waals surface area contributed by atoms with E-state index in [2.05, 4.69) is 17.1 Å². The van der Waals surface area contributed by atoms with E-state index in [1.807, 2.05) is 30.6 Å². The molecule has 7 heteroatoms. The zero-order chi connectivity index (χ0) is 12.2. The molecule has 100 valence electrons. The minimum Gasteiger partial charge on any atom is -0.554 e. The van der Waals surface area contributed by atoms with Crippen molar-refractivity contribution in [3.63, 3.8) is 0 Å². The third-order valence-corrected chi connectivity index (χ3v) is 1.55. The van der Waals surface area contributed by atoms with Gasteiger partial charge in [-0.2, -0.15) is 0 Å². The fourth-order valence-electron chi connectivity index (χ4n) is 1.03. The van der Waals surface area contributed by atoms with Crippen LogP contribution in [0.1, 0.15) is 0 Å². The minimum absolute atomic E-state index is 0. The number of rotatable bonds is 0. The van der Waals surface area contributed by atoms with Crippen molar-refractivity contribution in [2.45, 2.75) is 0 Å². The van der Waals surface area contributed by atoms with Crippen LogP contribution < -0.4 is 16.4 Å². The van der Waals surface area contributed by atoms with Crippen LogP contribution in [0.15, 0.2) is 42.7 Å². The van der Waals surface area contributed by atoms with Crippen LogP contribution in [-0.2, 0) is 30.7 Å². The number of nitrogens with zero attached hydrogens (tertiary/aromatic N) is 1. The molecule has 0 atom stereocenters. The summed E-state index contributed by atoms with van der Waals surface area (Å²) in [5, 5.41) is 18.9. The molecule has 0 spiro atoms. The van der Waals surface area contributed by atoms with E-state index in [-0.39, 0.29) is 27.2 Å². The van der Waals surface area contributed by atoms with Gasteiger partial charge in [-0.25, -0.2) is 0 Å². The van der Waals surface area contributed by atoms with Gasteiger partial charge in [-0.15, -0.1) is 0 Å². The van der Waals surface area contributed by atoms with Crippen LogP contribution >= 0.6 is 0 Å². The van der Waals surface area contributed by atoms with Gasteiger partial charge < -0.3 is 26.0 Å². The molecular formula is C11H12N2O4Pt. The Kier molecular flexibility index (Phi) is 18.2. The van der Waals surface area contributed by atoms with E-state index in [1.165, 1.54) is 10.8 Å². The first-order valence-corrected chi connectivity index (χ1v) is 4.20. The van der Waals surface area contributed by atoms with Crippen LogP contribution in [0.2, 0.25) is 0 Å². The first-order chi connectivity index (χ1) is 7.79. The molecule has 1 aromatic carbocycles. The average Bonchev–Trinajstić information content (AvgIpc) is 2.31. The zero-order valence-corrected chi connectivity index (χ0v) is 11.6. The fourth-order valence-corrected chi connectivity index (χ4v) is 1.03. The number of carbonyl (C=O) groups excluding carboxylic acids is 2. The van der Waals surface area contributed by atoms with E-state index >= 15 is 0 Å². The van der Waals surface area contributed by atoms with Crippen molar-refractivity contribution in [1.29, 1.82) is 0 Å². The van der Waals surface area contributed by atoms with E-state index in [0.29, 0.717) is 0 Å². The van der Waals surface area contributed by atoms with Gasteiger partial charge in [0.25, 0.3) is 0 Å². The number of benzene rings is 1. The summed E-state index contributed by atoms with van der Waals surface area (Å²) in [7, 11) is 0. The maximum atomic E-state index is 8.25. The molecule has 0 fully saturated rings.